The van der Waals surface area contributed by atoms with Crippen molar-refractivity contribution in [1.29, 1.82) is 0 Å². The van der Waals surface area contributed by atoms with Crippen LogP contribution in [0.2, 0.25) is 0 Å². The lowest BCUT2D eigenvalue weighted by molar-refractivity contribution is -0.161. The summed E-state index contributed by atoms with van der Waals surface area (Å²) in [5.41, 5.74) is 0. The van der Waals surface area contributed by atoms with Crippen molar-refractivity contribution in [1.82, 2.24) is 0 Å². The number of ether oxygens (including phenoxy) is 2. The van der Waals surface area contributed by atoms with Crippen molar-refractivity contribution in [2.24, 2.45) is 0 Å². The fourth-order valence-corrected chi connectivity index (χ4v) is 7.16. The molecular formula is C59H98O5. The maximum Gasteiger partial charge on any atom is 0.306 e. The third-order valence-electron chi connectivity index (χ3n) is 11.1. The van der Waals surface area contributed by atoms with Gasteiger partial charge in [-0.15, -0.1) is 0 Å². The summed E-state index contributed by atoms with van der Waals surface area (Å²) < 4.78 is 10.7. The summed E-state index contributed by atoms with van der Waals surface area (Å²) in [7, 11) is 0. The molecule has 0 fully saturated rings. The zero-order valence-electron chi connectivity index (χ0n) is 41.5. The first-order chi connectivity index (χ1) is 31.6. The van der Waals surface area contributed by atoms with Crippen LogP contribution in [0.25, 0.3) is 0 Å². The van der Waals surface area contributed by atoms with Gasteiger partial charge in [0.25, 0.3) is 0 Å². The van der Waals surface area contributed by atoms with Crippen LogP contribution < -0.4 is 0 Å². The van der Waals surface area contributed by atoms with E-state index in [2.05, 4.69) is 123 Å². The van der Waals surface area contributed by atoms with Gasteiger partial charge in [0.05, 0.1) is 6.61 Å². The number of allylic oxidation sites excluding steroid dienone is 18. The Bertz CT molecular complexity index is 1280. The van der Waals surface area contributed by atoms with Crippen LogP contribution in [0.4, 0.5) is 0 Å². The molecule has 364 valence electrons. The zero-order chi connectivity index (χ0) is 46.3. The molecule has 0 aliphatic carbocycles. The smallest absolute Gasteiger partial charge is 0.306 e. The van der Waals surface area contributed by atoms with Gasteiger partial charge in [-0.1, -0.05) is 232 Å². The van der Waals surface area contributed by atoms with E-state index in [-0.39, 0.29) is 25.2 Å². The van der Waals surface area contributed by atoms with E-state index >= 15 is 0 Å². The van der Waals surface area contributed by atoms with Crippen LogP contribution in [0, 0.1) is 0 Å². The van der Waals surface area contributed by atoms with Gasteiger partial charge < -0.3 is 14.6 Å². The fourth-order valence-electron chi connectivity index (χ4n) is 7.16. The number of hydrogen-bond acceptors (Lipinski definition) is 5. The van der Waals surface area contributed by atoms with E-state index in [4.69, 9.17) is 9.47 Å². The number of carbonyl (C=O) groups is 2. The molecule has 0 heterocycles. The molecule has 0 radical (unpaired) electrons. The third kappa shape index (κ3) is 51.2. The van der Waals surface area contributed by atoms with Crippen LogP contribution in [0.1, 0.15) is 232 Å². The number of aliphatic hydroxyl groups is 1. The molecule has 0 aliphatic heterocycles. The summed E-state index contributed by atoms with van der Waals surface area (Å²) in [4.78, 5) is 24.5. The van der Waals surface area contributed by atoms with Crippen molar-refractivity contribution < 1.29 is 24.2 Å². The van der Waals surface area contributed by atoms with E-state index in [0.717, 1.165) is 96.3 Å². The minimum Gasteiger partial charge on any atom is -0.462 e. The second-order valence-electron chi connectivity index (χ2n) is 17.2. The second kappa shape index (κ2) is 53.9. The van der Waals surface area contributed by atoms with E-state index in [9.17, 15) is 14.7 Å². The van der Waals surface area contributed by atoms with Gasteiger partial charge in [0.2, 0.25) is 0 Å². The Morgan fingerprint density at radius 1 is 0.359 bits per heavy atom. The van der Waals surface area contributed by atoms with Crippen molar-refractivity contribution in [3.05, 3.63) is 109 Å². The third-order valence-corrected chi connectivity index (χ3v) is 11.1. The second-order valence-corrected chi connectivity index (χ2v) is 17.2. The Labute approximate surface area is 395 Å². The monoisotopic (exact) mass is 887 g/mol. The molecule has 64 heavy (non-hydrogen) atoms. The molecule has 0 aromatic rings. The largest absolute Gasteiger partial charge is 0.462 e. The molecule has 0 aromatic carbocycles. The van der Waals surface area contributed by atoms with Gasteiger partial charge in [-0.2, -0.15) is 0 Å². The van der Waals surface area contributed by atoms with Crippen molar-refractivity contribution in [2.45, 2.75) is 238 Å². The average Bonchev–Trinajstić information content (AvgIpc) is 3.30. The number of hydrogen-bond donors (Lipinski definition) is 1. The number of aliphatic hydroxyl groups excluding tert-OH is 1. The minimum atomic E-state index is -0.783. The number of rotatable bonds is 47. The lowest BCUT2D eigenvalue weighted by Crippen LogP contribution is -2.28. The molecule has 1 N–H and O–H groups in total. The fraction of sp³-hybridized carbons (Fsp3) is 0.661. The molecule has 0 saturated heterocycles. The Morgan fingerprint density at radius 3 is 0.938 bits per heavy atom. The molecule has 0 rings (SSSR count). The lowest BCUT2D eigenvalue weighted by Gasteiger charge is -2.15. The minimum absolute atomic E-state index is 0.0746. The molecule has 0 spiro atoms. The quantitative estimate of drug-likeness (QED) is 0.0374. The van der Waals surface area contributed by atoms with E-state index in [1.165, 1.54) is 109 Å². The summed E-state index contributed by atoms with van der Waals surface area (Å²) in [5.74, 6) is -0.602. The average molecular weight is 887 g/mol. The Morgan fingerprint density at radius 2 is 0.625 bits per heavy atom. The molecule has 0 aromatic heterocycles. The van der Waals surface area contributed by atoms with Crippen molar-refractivity contribution in [3.63, 3.8) is 0 Å². The van der Waals surface area contributed by atoms with Crippen molar-refractivity contribution >= 4 is 11.9 Å². The summed E-state index contributed by atoms with van der Waals surface area (Å²) in [6.07, 6.45) is 77.5. The van der Waals surface area contributed by atoms with Gasteiger partial charge >= 0.3 is 11.9 Å². The Balaban J connectivity index is 3.54. The van der Waals surface area contributed by atoms with Crippen LogP contribution in [0.15, 0.2) is 109 Å². The highest BCUT2D eigenvalue weighted by molar-refractivity contribution is 5.70. The normalized spacial score (nSPS) is 13.1. The van der Waals surface area contributed by atoms with E-state index < -0.39 is 6.10 Å². The lowest BCUT2D eigenvalue weighted by atomic mass is 10.0. The molecule has 5 nitrogen and oxygen atoms in total. The Hall–Kier alpha value is -3.44. The standard InChI is InChI=1S/C59H98O5/c1-3-5-7-9-11-13-15-17-19-21-23-25-27-28-29-30-32-34-36-38-40-42-44-46-48-50-52-54-59(62)64-57(55-60)56-63-58(61)53-51-49-47-45-43-41-39-37-35-33-31-26-24-22-20-18-16-14-12-10-8-6-4-2/h5-8,11-14,17-20,23-26,28-29,57,60H,3-4,9-10,15-16,21-22,27,30-56H2,1-2H3/b7-5-,8-6-,13-11-,14-12-,19-17-,20-18-,25-23-,26-24-,29-28-. The maximum atomic E-state index is 12.3. The van der Waals surface area contributed by atoms with E-state index in [0.29, 0.717) is 12.8 Å². The van der Waals surface area contributed by atoms with Gasteiger partial charge in [0.15, 0.2) is 6.10 Å². The molecule has 1 unspecified atom stereocenters. The number of carbonyl (C=O) groups excluding carboxylic acids is 2. The van der Waals surface area contributed by atoms with Crippen LogP contribution >= 0.6 is 0 Å². The first-order valence-electron chi connectivity index (χ1n) is 26.4. The van der Waals surface area contributed by atoms with E-state index in [1.807, 2.05) is 0 Å². The topological polar surface area (TPSA) is 72.8 Å². The summed E-state index contributed by atoms with van der Waals surface area (Å²) in [6, 6.07) is 0. The number of esters is 2. The van der Waals surface area contributed by atoms with Crippen LogP contribution in [0.5, 0.6) is 0 Å². The summed E-state index contributed by atoms with van der Waals surface area (Å²) in [6.45, 7) is 3.91. The van der Waals surface area contributed by atoms with E-state index in [1.54, 1.807) is 0 Å². The molecular weight excluding hydrogens is 789 g/mol. The molecule has 0 bridgehead atoms. The molecule has 0 amide bonds. The van der Waals surface area contributed by atoms with Gasteiger partial charge in [0, 0.05) is 12.8 Å². The highest BCUT2D eigenvalue weighted by Crippen LogP contribution is 2.15. The predicted octanol–water partition coefficient (Wildman–Crippen LogP) is 17.7. The highest BCUT2D eigenvalue weighted by Gasteiger charge is 2.16. The van der Waals surface area contributed by atoms with Crippen molar-refractivity contribution in [2.75, 3.05) is 13.2 Å². The number of unbranched alkanes of at least 4 members (excludes halogenated alkanes) is 21. The summed E-state index contributed by atoms with van der Waals surface area (Å²) >= 11 is 0. The molecule has 5 heteroatoms. The van der Waals surface area contributed by atoms with Crippen LogP contribution in [-0.4, -0.2) is 36.4 Å². The molecule has 0 aliphatic rings. The van der Waals surface area contributed by atoms with Gasteiger partial charge in [-0.25, -0.2) is 0 Å². The SMILES string of the molecule is CC/C=C\C/C=C\C/C=C\C/C=C\C/C=C\CCCCCCCCCCCCCC(=O)OC(CO)COC(=O)CCCCCCCCCCCC/C=C\C/C=C\C/C=C\C/C=C\CC. The summed E-state index contributed by atoms with van der Waals surface area (Å²) in [5, 5.41) is 9.64. The van der Waals surface area contributed by atoms with Gasteiger partial charge in [0.1, 0.15) is 6.61 Å². The molecule has 0 saturated carbocycles. The van der Waals surface area contributed by atoms with Crippen molar-refractivity contribution in [3.8, 4) is 0 Å². The molecule has 1 atom stereocenters. The van der Waals surface area contributed by atoms with Gasteiger partial charge in [-0.3, -0.25) is 9.59 Å². The predicted molar refractivity (Wildman–Crippen MR) is 279 cm³/mol. The van der Waals surface area contributed by atoms with Gasteiger partial charge in [-0.05, 0) is 96.3 Å². The Kier molecular flexibility index (Phi) is 51.0. The zero-order valence-corrected chi connectivity index (χ0v) is 41.5. The first-order valence-corrected chi connectivity index (χ1v) is 26.4. The maximum absolute atomic E-state index is 12.3. The first kappa shape index (κ1) is 60.6. The van der Waals surface area contributed by atoms with Crippen LogP contribution in [-0.2, 0) is 19.1 Å². The van der Waals surface area contributed by atoms with Crippen LogP contribution in [0.3, 0.4) is 0 Å². The highest BCUT2D eigenvalue weighted by atomic mass is 16.6.